The Labute approximate surface area is 166 Å². The van der Waals surface area contributed by atoms with Crippen LogP contribution in [0.2, 0.25) is 0 Å². The molecule has 0 N–H and O–H groups in total. The first-order valence-electron chi connectivity index (χ1n) is 9.52. The highest BCUT2D eigenvalue weighted by Crippen LogP contribution is 2.26. The van der Waals surface area contributed by atoms with E-state index in [9.17, 15) is 13.2 Å². The Bertz CT molecular complexity index is 902. The molecule has 7 heteroatoms. The van der Waals surface area contributed by atoms with Crippen LogP contribution in [0.25, 0.3) is 0 Å². The van der Waals surface area contributed by atoms with E-state index in [1.54, 1.807) is 53.4 Å². The molecule has 0 saturated carbocycles. The zero-order valence-electron chi connectivity index (χ0n) is 16.3. The summed E-state index contributed by atoms with van der Waals surface area (Å²) in [7, 11) is -3.88. The molecule has 0 bridgehead atoms. The summed E-state index contributed by atoms with van der Waals surface area (Å²) in [5, 5.41) is 0. The number of hydrogen-bond donors (Lipinski definition) is 0. The zero-order valence-corrected chi connectivity index (χ0v) is 17.1. The standard InChI is InChI=1S/C21H26N2O4S/c1-3-27-19-10-8-18(9-11-19)23(16-21(24)22-14-4-5-15-22)28(25,26)20-12-6-17(2)7-13-20/h6-13H,3-5,14-16H2,1-2H3. The Balaban J connectivity index is 1.95. The first-order chi connectivity index (χ1) is 13.4. The molecule has 1 amide bonds. The van der Waals surface area contributed by atoms with Gasteiger partial charge in [0.05, 0.1) is 17.2 Å². The van der Waals surface area contributed by atoms with E-state index in [0.717, 1.165) is 18.4 Å². The van der Waals surface area contributed by atoms with Gasteiger partial charge < -0.3 is 9.64 Å². The number of ether oxygens (including phenoxy) is 1. The van der Waals surface area contributed by atoms with Gasteiger partial charge in [-0.25, -0.2) is 8.42 Å². The van der Waals surface area contributed by atoms with Gasteiger partial charge in [-0.2, -0.15) is 0 Å². The van der Waals surface area contributed by atoms with Crippen LogP contribution in [0.4, 0.5) is 5.69 Å². The number of likely N-dealkylation sites (tertiary alicyclic amines) is 1. The zero-order chi connectivity index (χ0) is 20.1. The molecule has 2 aromatic rings. The maximum absolute atomic E-state index is 13.3. The average molecular weight is 403 g/mol. The van der Waals surface area contributed by atoms with Crippen LogP contribution in [0.3, 0.4) is 0 Å². The van der Waals surface area contributed by atoms with Crippen molar-refractivity contribution < 1.29 is 17.9 Å². The summed E-state index contributed by atoms with van der Waals surface area (Å²) in [5.41, 5.74) is 1.41. The SMILES string of the molecule is CCOc1ccc(N(CC(=O)N2CCCC2)S(=O)(=O)c2ccc(C)cc2)cc1. The van der Waals surface area contributed by atoms with Crippen molar-refractivity contribution in [3.8, 4) is 5.75 Å². The molecule has 1 saturated heterocycles. The number of carbonyl (C=O) groups excluding carboxylic acids is 1. The van der Waals surface area contributed by atoms with Gasteiger partial charge in [0, 0.05) is 13.1 Å². The summed E-state index contributed by atoms with van der Waals surface area (Å²) in [6, 6.07) is 13.5. The van der Waals surface area contributed by atoms with E-state index in [1.807, 2.05) is 13.8 Å². The number of anilines is 1. The van der Waals surface area contributed by atoms with Crippen LogP contribution in [0, 0.1) is 6.92 Å². The number of rotatable bonds is 7. The van der Waals surface area contributed by atoms with Crippen LogP contribution in [-0.2, 0) is 14.8 Å². The van der Waals surface area contributed by atoms with Gasteiger partial charge in [-0.1, -0.05) is 17.7 Å². The third kappa shape index (κ3) is 4.47. The lowest BCUT2D eigenvalue weighted by atomic mass is 10.2. The average Bonchev–Trinajstić information content (AvgIpc) is 3.22. The van der Waals surface area contributed by atoms with Gasteiger partial charge in [-0.3, -0.25) is 9.10 Å². The normalized spacial score (nSPS) is 14.1. The Kier molecular flexibility index (Phi) is 6.24. The molecule has 0 atom stereocenters. The van der Waals surface area contributed by atoms with Crippen LogP contribution < -0.4 is 9.04 Å². The van der Waals surface area contributed by atoms with Crippen molar-refractivity contribution in [1.29, 1.82) is 0 Å². The van der Waals surface area contributed by atoms with E-state index in [-0.39, 0.29) is 17.3 Å². The van der Waals surface area contributed by atoms with Crippen molar-refractivity contribution in [1.82, 2.24) is 4.90 Å². The first-order valence-corrected chi connectivity index (χ1v) is 11.0. The van der Waals surface area contributed by atoms with E-state index in [1.165, 1.54) is 4.31 Å². The quantitative estimate of drug-likeness (QED) is 0.713. The maximum atomic E-state index is 13.3. The molecule has 1 aliphatic rings. The van der Waals surface area contributed by atoms with E-state index >= 15 is 0 Å². The first kappa shape index (κ1) is 20.2. The fourth-order valence-corrected chi connectivity index (χ4v) is 4.63. The lowest BCUT2D eigenvalue weighted by Gasteiger charge is -2.26. The minimum atomic E-state index is -3.88. The molecule has 1 heterocycles. The summed E-state index contributed by atoms with van der Waals surface area (Å²) in [5.74, 6) is 0.479. The third-order valence-corrected chi connectivity index (χ3v) is 6.57. The largest absolute Gasteiger partial charge is 0.494 e. The van der Waals surface area contributed by atoms with Crippen molar-refractivity contribution in [3.63, 3.8) is 0 Å². The number of amides is 1. The molecule has 1 fully saturated rings. The number of nitrogens with zero attached hydrogens (tertiary/aromatic N) is 2. The monoisotopic (exact) mass is 402 g/mol. The fraction of sp³-hybridized carbons (Fsp3) is 0.381. The predicted molar refractivity (Wildman–Crippen MR) is 109 cm³/mol. The second kappa shape index (κ2) is 8.65. The molecular formula is C21H26N2O4S. The Morgan fingerprint density at radius 3 is 2.21 bits per heavy atom. The van der Waals surface area contributed by atoms with Gasteiger partial charge in [-0.15, -0.1) is 0 Å². The van der Waals surface area contributed by atoms with Gasteiger partial charge >= 0.3 is 0 Å². The summed E-state index contributed by atoms with van der Waals surface area (Å²) < 4.78 is 33.3. The Morgan fingerprint density at radius 2 is 1.64 bits per heavy atom. The van der Waals surface area contributed by atoms with E-state index < -0.39 is 10.0 Å². The molecule has 150 valence electrons. The molecule has 3 rings (SSSR count). The molecule has 6 nitrogen and oxygen atoms in total. The minimum Gasteiger partial charge on any atom is -0.494 e. The van der Waals surface area contributed by atoms with Crippen LogP contribution in [0.15, 0.2) is 53.4 Å². The van der Waals surface area contributed by atoms with Crippen LogP contribution in [0.5, 0.6) is 5.75 Å². The lowest BCUT2D eigenvalue weighted by Crippen LogP contribution is -2.42. The fourth-order valence-electron chi connectivity index (χ4n) is 3.22. The number of benzene rings is 2. The summed E-state index contributed by atoms with van der Waals surface area (Å²) in [6.07, 6.45) is 1.92. The molecule has 28 heavy (non-hydrogen) atoms. The van der Waals surface area contributed by atoms with Gasteiger partial charge in [0.25, 0.3) is 10.0 Å². The molecule has 0 unspecified atom stereocenters. The maximum Gasteiger partial charge on any atom is 0.264 e. The van der Waals surface area contributed by atoms with Crippen molar-refractivity contribution in [2.24, 2.45) is 0 Å². The smallest absolute Gasteiger partial charge is 0.264 e. The Hall–Kier alpha value is -2.54. The summed E-state index contributed by atoms with van der Waals surface area (Å²) in [6.45, 7) is 5.46. The highest BCUT2D eigenvalue weighted by atomic mass is 32.2. The van der Waals surface area contributed by atoms with Gasteiger partial charge in [0.1, 0.15) is 12.3 Å². The second-order valence-corrected chi connectivity index (χ2v) is 8.70. The number of sulfonamides is 1. The van der Waals surface area contributed by atoms with Crippen molar-refractivity contribution in [2.75, 3.05) is 30.5 Å². The van der Waals surface area contributed by atoms with Crippen molar-refractivity contribution in [3.05, 3.63) is 54.1 Å². The predicted octanol–water partition coefficient (Wildman–Crippen LogP) is 3.21. The minimum absolute atomic E-state index is 0.168. The van der Waals surface area contributed by atoms with Gasteiger partial charge in [0.15, 0.2) is 0 Å². The third-order valence-electron chi connectivity index (χ3n) is 4.78. The molecule has 0 aromatic heterocycles. The van der Waals surface area contributed by atoms with Crippen molar-refractivity contribution >= 4 is 21.6 Å². The van der Waals surface area contributed by atoms with E-state index in [4.69, 9.17) is 4.74 Å². The molecule has 0 spiro atoms. The number of aryl methyl sites for hydroxylation is 1. The van der Waals surface area contributed by atoms with Crippen LogP contribution in [0.1, 0.15) is 25.3 Å². The molecule has 0 aliphatic carbocycles. The van der Waals surface area contributed by atoms with E-state index in [2.05, 4.69) is 0 Å². The summed E-state index contributed by atoms with van der Waals surface area (Å²) >= 11 is 0. The number of hydrogen-bond acceptors (Lipinski definition) is 4. The molecule has 2 aromatic carbocycles. The topological polar surface area (TPSA) is 66.9 Å². The lowest BCUT2D eigenvalue weighted by molar-refractivity contribution is -0.128. The van der Waals surface area contributed by atoms with Crippen LogP contribution in [-0.4, -0.2) is 45.5 Å². The van der Waals surface area contributed by atoms with Gasteiger partial charge in [-0.05, 0) is 63.1 Å². The van der Waals surface area contributed by atoms with Crippen LogP contribution >= 0.6 is 0 Å². The second-order valence-electron chi connectivity index (χ2n) is 6.84. The van der Waals surface area contributed by atoms with E-state index in [0.29, 0.717) is 31.1 Å². The molecule has 0 radical (unpaired) electrons. The van der Waals surface area contributed by atoms with Crippen molar-refractivity contribution in [2.45, 2.75) is 31.6 Å². The molecular weight excluding hydrogens is 376 g/mol. The Morgan fingerprint density at radius 1 is 1.04 bits per heavy atom. The highest BCUT2D eigenvalue weighted by molar-refractivity contribution is 7.92. The number of carbonyl (C=O) groups is 1. The highest BCUT2D eigenvalue weighted by Gasteiger charge is 2.29. The molecule has 1 aliphatic heterocycles. The van der Waals surface area contributed by atoms with Gasteiger partial charge in [0.2, 0.25) is 5.91 Å². The summed E-state index contributed by atoms with van der Waals surface area (Å²) in [4.78, 5) is 14.6.